The molecule has 0 aliphatic heterocycles. The fourth-order valence-corrected chi connectivity index (χ4v) is 1.83. The van der Waals surface area contributed by atoms with E-state index < -0.39 is 5.60 Å². The first-order valence-corrected chi connectivity index (χ1v) is 5.62. The number of carbonyl (C=O) groups excluding carboxylic acids is 1. The quantitative estimate of drug-likeness (QED) is 0.750. The minimum atomic E-state index is -0.430. The zero-order valence-electron chi connectivity index (χ0n) is 10.3. The number of carbonyl (C=O) groups is 1. The van der Waals surface area contributed by atoms with Crippen molar-refractivity contribution in [3.63, 3.8) is 0 Å². The molecule has 96 valence electrons. The van der Waals surface area contributed by atoms with E-state index in [0.717, 1.165) is 25.7 Å². The molecule has 16 heavy (non-hydrogen) atoms. The van der Waals surface area contributed by atoms with E-state index in [1.54, 1.807) is 0 Å². The highest BCUT2D eigenvalue weighted by Gasteiger charge is 2.23. The van der Waals surface area contributed by atoms with Crippen LogP contribution in [0.5, 0.6) is 0 Å². The average Bonchev–Trinajstić information content (AvgIpc) is 1.99. The summed E-state index contributed by atoms with van der Waals surface area (Å²) in [5.74, 6) is 0. The zero-order chi connectivity index (χ0) is 11.5. The van der Waals surface area contributed by atoms with Crippen LogP contribution in [0.4, 0.5) is 4.79 Å². The molecule has 0 aromatic rings. The molecule has 0 saturated heterocycles. The topological polar surface area (TPSA) is 64.3 Å². The van der Waals surface area contributed by atoms with Gasteiger partial charge in [0, 0.05) is 12.1 Å². The molecule has 4 nitrogen and oxygen atoms in total. The first-order valence-electron chi connectivity index (χ1n) is 5.62. The lowest BCUT2D eigenvalue weighted by Crippen LogP contribution is -2.44. The van der Waals surface area contributed by atoms with E-state index in [4.69, 9.17) is 10.5 Å². The summed E-state index contributed by atoms with van der Waals surface area (Å²) in [7, 11) is 0. The summed E-state index contributed by atoms with van der Waals surface area (Å²) < 4.78 is 5.18. The van der Waals surface area contributed by atoms with Gasteiger partial charge in [0.2, 0.25) is 0 Å². The van der Waals surface area contributed by atoms with Gasteiger partial charge in [0.25, 0.3) is 0 Å². The second-order valence-electron chi connectivity index (χ2n) is 5.27. The van der Waals surface area contributed by atoms with E-state index in [0.29, 0.717) is 0 Å². The Morgan fingerprint density at radius 3 is 2.50 bits per heavy atom. The van der Waals surface area contributed by atoms with Crippen LogP contribution in [0.3, 0.4) is 0 Å². The Hall–Kier alpha value is -0.480. The number of nitrogens with one attached hydrogen (secondary N) is 1. The van der Waals surface area contributed by atoms with Crippen molar-refractivity contribution < 1.29 is 9.53 Å². The fourth-order valence-electron chi connectivity index (χ4n) is 1.83. The van der Waals surface area contributed by atoms with Gasteiger partial charge < -0.3 is 15.8 Å². The summed E-state index contributed by atoms with van der Waals surface area (Å²) >= 11 is 0. The zero-order valence-corrected chi connectivity index (χ0v) is 11.1. The minimum absolute atomic E-state index is 0. The molecule has 1 aliphatic rings. The fraction of sp³-hybridized carbons (Fsp3) is 0.909. The number of halogens is 1. The van der Waals surface area contributed by atoms with Crippen LogP contribution in [-0.4, -0.2) is 23.8 Å². The lowest BCUT2D eigenvalue weighted by atomic mass is 9.92. The van der Waals surface area contributed by atoms with E-state index in [1.165, 1.54) is 0 Å². The van der Waals surface area contributed by atoms with E-state index in [-0.39, 0.29) is 30.6 Å². The molecule has 0 unspecified atom stereocenters. The molecule has 0 heterocycles. The van der Waals surface area contributed by atoms with Gasteiger partial charge in [-0.3, -0.25) is 0 Å². The van der Waals surface area contributed by atoms with Crippen LogP contribution in [0, 0.1) is 0 Å². The Morgan fingerprint density at radius 2 is 2.00 bits per heavy atom. The SMILES string of the molecule is CC(C)(C)OC(=O)N[C@@H]1CCC[C@@H](N)C1.Cl. The summed E-state index contributed by atoms with van der Waals surface area (Å²) in [6.45, 7) is 5.58. The standard InChI is InChI=1S/C11H22N2O2.ClH/c1-11(2,3)15-10(14)13-9-6-4-5-8(12)7-9;/h8-9H,4-7,12H2,1-3H3,(H,13,14);1H/t8-,9-;/m1./s1. The van der Waals surface area contributed by atoms with E-state index in [2.05, 4.69) is 5.32 Å². The van der Waals surface area contributed by atoms with Gasteiger partial charge in [-0.15, -0.1) is 12.4 Å². The molecule has 5 heteroatoms. The molecule has 1 rings (SSSR count). The van der Waals surface area contributed by atoms with Crippen molar-refractivity contribution in [3.05, 3.63) is 0 Å². The Bertz CT molecular complexity index is 229. The molecule has 0 aromatic carbocycles. The lowest BCUT2D eigenvalue weighted by molar-refractivity contribution is 0.0491. The number of hydrogen-bond acceptors (Lipinski definition) is 3. The van der Waals surface area contributed by atoms with Gasteiger partial charge in [-0.2, -0.15) is 0 Å². The Morgan fingerprint density at radius 1 is 1.38 bits per heavy atom. The van der Waals surface area contributed by atoms with Crippen LogP contribution in [0.2, 0.25) is 0 Å². The summed E-state index contributed by atoms with van der Waals surface area (Å²) in [6, 6.07) is 0.405. The van der Waals surface area contributed by atoms with Crippen LogP contribution < -0.4 is 11.1 Å². The predicted molar refractivity (Wildman–Crippen MR) is 66.8 cm³/mol. The predicted octanol–water partition coefficient (Wildman–Crippen LogP) is 2.20. The number of hydrogen-bond donors (Lipinski definition) is 2. The van der Waals surface area contributed by atoms with Crippen molar-refractivity contribution in [1.29, 1.82) is 0 Å². The van der Waals surface area contributed by atoms with Crippen molar-refractivity contribution in [1.82, 2.24) is 5.32 Å². The molecule has 1 fully saturated rings. The van der Waals surface area contributed by atoms with E-state index in [9.17, 15) is 4.79 Å². The maximum absolute atomic E-state index is 11.5. The van der Waals surface area contributed by atoms with Crippen LogP contribution in [-0.2, 0) is 4.74 Å². The molecule has 1 aliphatic carbocycles. The minimum Gasteiger partial charge on any atom is -0.444 e. The normalized spacial score (nSPS) is 25.5. The summed E-state index contributed by atoms with van der Waals surface area (Å²) in [5.41, 5.74) is 5.41. The number of amides is 1. The van der Waals surface area contributed by atoms with Crippen LogP contribution in [0.15, 0.2) is 0 Å². The van der Waals surface area contributed by atoms with Gasteiger partial charge in [-0.05, 0) is 46.5 Å². The third kappa shape index (κ3) is 6.18. The van der Waals surface area contributed by atoms with E-state index in [1.807, 2.05) is 20.8 Å². The first-order chi connectivity index (χ1) is 6.87. The molecule has 2 atom stereocenters. The first kappa shape index (κ1) is 15.5. The van der Waals surface area contributed by atoms with Gasteiger partial charge in [0.15, 0.2) is 0 Å². The molecule has 3 N–H and O–H groups in total. The largest absolute Gasteiger partial charge is 0.444 e. The van der Waals surface area contributed by atoms with Gasteiger partial charge in [-0.1, -0.05) is 0 Å². The molecule has 0 aromatic heterocycles. The summed E-state index contributed by atoms with van der Waals surface area (Å²) in [5, 5.41) is 2.86. The molecule has 1 saturated carbocycles. The van der Waals surface area contributed by atoms with Crippen molar-refractivity contribution in [2.45, 2.75) is 64.1 Å². The third-order valence-electron chi connectivity index (χ3n) is 2.44. The smallest absolute Gasteiger partial charge is 0.407 e. The van der Waals surface area contributed by atoms with Crippen molar-refractivity contribution in [2.75, 3.05) is 0 Å². The molecule has 0 radical (unpaired) electrons. The van der Waals surface area contributed by atoms with Crippen molar-refractivity contribution >= 4 is 18.5 Å². The van der Waals surface area contributed by atoms with Crippen LogP contribution >= 0.6 is 12.4 Å². The number of rotatable bonds is 1. The monoisotopic (exact) mass is 250 g/mol. The van der Waals surface area contributed by atoms with Gasteiger partial charge in [0.1, 0.15) is 5.60 Å². The highest BCUT2D eigenvalue weighted by Crippen LogP contribution is 2.17. The highest BCUT2D eigenvalue weighted by atomic mass is 35.5. The maximum atomic E-state index is 11.5. The Labute approximate surface area is 104 Å². The Kier molecular flexibility index (Phi) is 6.11. The summed E-state index contributed by atoms with van der Waals surface area (Å²) in [4.78, 5) is 11.5. The van der Waals surface area contributed by atoms with Crippen molar-refractivity contribution in [3.8, 4) is 0 Å². The Balaban J connectivity index is 0.00000225. The van der Waals surface area contributed by atoms with Crippen LogP contribution in [0.25, 0.3) is 0 Å². The van der Waals surface area contributed by atoms with Gasteiger partial charge in [-0.25, -0.2) is 4.79 Å². The number of nitrogens with two attached hydrogens (primary N) is 1. The third-order valence-corrected chi connectivity index (χ3v) is 2.44. The second kappa shape index (κ2) is 6.30. The van der Waals surface area contributed by atoms with Crippen LogP contribution in [0.1, 0.15) is 46.5 Å². The molecule has 0 bridgehead atoms. The van der Waals surface area contributed by atoms with E-state index >= 15 is 0 Å². The maximum Gasteiger partial charge on any atom is 0.407 e. The molecule has 0 spiro atoms. The lowest BCUT2D eigenvalue weighted by Gasteiger charge is -2.28. The van der Waals surface area contributed by atoms with Gasteiger partial charge >= 0.3 is 6.09 Å². The summed E-state index contributed by atoms with van der Waals surface area (Å²) in [6.07, 6.45) is 3.68. The molecular weight excluding hydrogens is 228 g/mol. The van der Waals surface area contributed by atoms with Gasteiger partial charge in [0.05, 0.1) is 0 Å². The number of ether oxygens (including phenoxy) is 1. The average molecular weight is 251 g/mol. The highest BCUT2D eigenvalue weighted by molar-refractivity contribution is 5.85. The molecular formula is C11H23ClN2O2. The molecule has 1 amide bonds. The van der Waals surface area contributed by atoms with Crippen molar-refractivity contribution in [2.24, 2.45) is 5.73 Å². The second-order valence-corrected chi connectivity index (χ2v) is 5.27. The number of alkyl carbamates (subject to hydrolysis) is 1.